The van der Waals surface area contributed by atoms with Crippen LogP contribution in [0.5, 0.6) is 0 Å². The minimum Gasteiger partial charge on any atom is -0.428 e. The van der Waals surface area contributed by atoms with E-state index in [9.17, 15) is 4.79 Å². The highest BCUT2D eigenvalue weighted by Gasteiger charge is 2.40. The number of nitrogens with two attached hydrogens (primary N) is 1. The number of urea groups is 1. The first-order chi connectivity index (χ1) is 30.2. The van der Waals surface area contributed by atoms with E-state index in [1.807, 2.05) is 84.0 Å². The van der Waals surface area contributed by atoms with Crippen molar-refractivity contribution in [2.24, 2.45) is 0 Å². The molecule has 0 bridgehead atoms. The first-order valence-electron chi connectivity index (χ1n) is 21.7. The van der Waals surface area contributed by atoms with Crippen LogP contribution in [0.15, 0.2) is 109 Å². The van der Waals surface area contributed by atoms with Crippen molar-refractivity contribution in [1.29, 1.82) is 5.26 Å². The van der Waals surface area contributed by atoms with Gasteiger partial charge < -0.3 is 47.7 Å². The standard InChI is InChI=1S/C24H32N2O4Si.C14H11N.C10H21NO4Si/c1-4-28-31(29-5-2,30-6-3)15-9-14-25-24(27)26-23-13-12-21-16-19-10-7-8-11-20(19)17-22(21)18-23;15-14-6-5-12-7-10-3-1-2-4-11(10)8-13(12)9-14;1-4-13-16(14-5-2,15-6-3)9-7-8-12-10-11/h7-8,10-13,16-18H,4-6,9,14-15H2,1-3H3,(H2,25,26,27);1-9H,15H2;4-9H2,1-3H3. The van der Waals surface area contributed by atoms with Crippen LogP contribution in [0.1, 0.15) is 54.4 Å². The molecule has 0 aliphatic heterocycles. The van der Waals surface area contributed by atoms with Crippen LogP contribution >= 0.6 is 0 Å². The molecule has 332 valence electrons. The maximum Gasteiger partial charge on any atom is 0.501 e. The Balaban J connectivity index is 0.000000228. The lowest BCUT2D eigenvalue weighted by atomic mass is 10.0. The van der Waals surface area contributed by atoms with E-state index >= 15 is 0 Å². The van der Waals surface area contributed by atoms with E-state index in [2.05, 4.69) is 82.1 Å². The van der Waals surface area contributed by atoms with Crippen molar-refractivity contribution in [2.45, 2.75) is 66.5 Å². The topological polar surface area (TPSA) is 156 Å². The lowest BCUT2D eigenvalue weighted by Crippen LogP contribution is -2.46. The predicted molar refractivity (Wildman–Crippen MR) is 256 cm³/mol. The lowest BCUT2D eigenvalue weighted by molar-refractivity contribution is 0.0689. The molecule has 0 radical (unpaired) electrons. The number of nitriles is 1. The SMILES string of the molecule is CCO[Si](CCCNC(=O)Nc1ccc2cc3ccccc3cc2c1)(OCC)OCC.CCO[Si](CCCOC#N)(OCC)OCC.Nc1ccc2cc3ccccc3cc2c1. The van der Waals surface area contributed by atoms with E-state index in [1.165, 1.54) is 32.3 Å². The smallest absolute Gasteiger partial charge is 0.428 e. The van der Waals surface area contributed by atoms with Gasteiger partial charge in [-0.05, 0) is 146 Å². The highest BCUT2D eigenvalue weighted by atomic mass is 28.4. The van der Waals surface area contributed by atoms with Gasteiger partial charge in [0.15, 0.2) is 0 Å². The van der Waals surface area contributed by atoms with Crippen molar-refractivity contribution in [1.82, 2.24) is 5.32 Å². The largest absolute Gasteiger partial charge is 0.501 e. The summed E-state index contributed by atoms with van der Waals surface area (Å²) in [6, 6.07) is 38.4. The molecule has 62 heavy (non-hydrogen) atoms. The van der Waals surface area contributed by atoms with Crippen LogP contribution in [0.4, 0.5) is 16.2 Å². The van der Waals surface area contributed by atoms with Crippen LogP contribution in [0.2, 0.25) is 12.1 Å². The highest BCUT2D eigenvalue weighted by Crippen LogP contribution is 2.26. The Hall–Kier alpha value is -5.09. The summed E-state index contributed by atoms with van der Waals surface area (Å²) < 4.78 is 39.1. The van der Waals surface area contributed by atoms with Gasteiger partial charge in [0.2, 0.25) is 0 Å². The molecule has 0 heterocycles. The van der Waals surface area contributed by atoms with E-state index in [0.717, 1.165) is 28.6 Å². The Bertz CT molecular complexity index is 2290. The van der Waals surface area contributed by atoms with Crippen LogP contribution in [0.3, 0.4) is 0 Å². The van der Waals surface area contributed by atoms with Crippen molar-refractivity contribution >= 4 is 78.1 Å². The van der Waals surface area contributed by atoms with Crippen molar-refractivity contribution in [3.05, 3.63) is 109 Å². The predicted octanol–water partition coefficient (Wildman–Crippen LogP) is 11.1. The number of rotatable bonds is 21. The monoisotopic (exact) mass is 880 g/mol. The number of anilines is 2. The number of benzene rings is 6. The molecular weight excluding hydrogens is 817 g/mol. The average molecular weight is 881 g/mol. The van der Waals surface area contributed by atoms with Crippen LogP contribution in [0.25, 0.3) is 43.1 Å². The molecule has 0 unspecified atom stereocenters. The third-order valence-corrected chi connectivity index (χ3v) is 15.9. The van der Waals surface area contributed by atoms with Crippen LogP contribution < -0.4 is 16.4 Å². The van der Waals surface area contributed by atoms with Gasteiger partial charge in [-0.25, -0.2) is 4.79 Å². The molecule has 0 aromatic heterocycles. The van der Waals surface area contributed by atoms with E-state index in [1.54, 1.807) is 6.26 Å². The summed E-state index contributed by atoms with van der Waals surface area (Å²) in [6.45, 7) is 15.9. The summed E-state index contributed by atoms with van der Waals surface area (Å²) in [5.74, 6) is 0. The zero-order valence-corrected chi connectivity index (χ0v) is 39.2. The third-order valence-electron chi connectivity index (χ3n) is 9.62. The number of carbonyl (C=O) groups is 1. The fourth-order valence-corrected chi connectivity index (χ4v) is 12.3. The maximum absolute atomic E-state index is 12.4. The van der Waals surface area contributed by atoms with Crippen molar-refractivity contribution < 1.29 is 36.1 Å². The minimum atomic E-state index is -2.67. The number of hydrogen-bond donors (Lipinski definition) is 3. The Kier molecular flexibility index (Phi) is 21.1. The summed E-state index contributed by atoms with van der Waals surface area (Å²) in [5.41, 5.74) is 7.35. The molecule has 0 atom stereocenters. The Morgan fingerprint density at radius 1 is 0.548 bits per heavy atom. The van der Waals surface area contributed by atoms with Crippen LogP contribution in [-0.2, 0) is 31.3 Å². The minimum absolute atomic E-state index is 0.225. The zero-order valence-electron chi connectivity index (χ0n) is 37.2. The van der Waals surface area contributed by atoms with Crippen LogP contribution in [0, 0.1) is 11.5 Å². The average Bonchev–Trinajstić information content (AvgIpc) is 3.26. The van der Waals surface area contributed by atoms with Crippen molar-refractivity contribution in [3.8, 4) is 6.26 Å². The second kappa shape index (κ2) is 26.4. The fraction of sp³-hybridized carbons (Fsp3) is 0.375. The first kappa shape index (κ1) is 49.6. The summed E-state index contributed by atoms with van der Waals surface area (Å²) in [7, 11) is -5.20. The molecule has 0 saturated heterocycles. The second-order valence-electron chi connectivity index (χ2n) is 14.1. The maximum atomic E-state index is 12.4. The number of carbonyl (C=O) groups excluding carboxylic acids is 1. The molecule has 0 saturated carbocycles. The molecule has 12 nitrogen and oxygen atoms in total. The Labute approximate surface area is 369 Å². The molecule has 0 aliphatic carbocycles. The number of nitrogens with one attached hydrogen (secondary N) is 2. The van der Waals surface area contributed by atoms with Gasteiger partial charge in [-0.3, -0.25) is 0 Å². The normalized spacial score (nSPS) is 11.4. The van der Waals surface area contributed by atoms with Crippen molar-refractivity contribution in [3.63, 3.8) is 0 Å². The van der Waals surface area contributed by atoms with E-state index in [-0.39, 0.29) is 6.03 Å². The molecule has 0 aliphatic rings. The first-order valence-corrected chi connectivity index (χ1v) is 25.5. The van der Waals surface area contributed by atoms with Crippen LogP contribution in [-0.4, -0.2) is 76.4 Å². The molecule has 14 heteroatoms. The third kappa shape index (κ3) is 15.4. The van der Waals surface area contributed by atoms with Gasteiger partial charge in [-0.1, -0.05) is 60.7 Å². The van der Waals surface area contributed by atoms with Gasteiger partial charge in [0.1, 0.15) is 6.61 Å². The summed E-state index contributed by atoms with van der Waals surface area (Å²) >= 11 is 0. The number of nitrogens with zero attached hydrogens (tertiary/aromatic N) is 1. The van der Waals surface area contributed by atoms with Gasteiger partial charge in [0, 0.05) is 69.6 Å². The number of fused-ring (bicyclic) bond motifs is 4. The molecule has 0 spiro atoms. The number of amides is 2. The quantitative estimate of drug-likeness (QED) is 0.0209. The summed E-state index contributed by atoms with van der Waals surface area (Å²) in [4.78, 5) is 12.4. The molecule has 6 aromatic rings. The zero-order chi connectivity index (χ0) is 44.6. The van der Waals surface area contributed by atoms with Gasteiger partial charge >= 0.3 is 23.6 Å². The van der Waals surface area contributed by atoms with E-state index in [4.69, 9.17) is 37.6 Å². The highest BCUT2D eigenvalue weighted by molar-refractivity contribution is 6.61. The molecule has 0 fully saturated rings. The molecule has 6 aromatic carbocycles. The number of nitrogen functional groups attached to an aromatic ring is 1. The molecule has 2 amide bonds. The fourth-order valence-electron chi connectivity index (χ4n) is 7.07. The number of ether oxygens (including phenoxy) is 1. The van der Waals surface area contributed by atoms with Gasteiger partial charge in [0.05, 0.1) is 0 Å². The second-order valence-corrected chi connectivity index (χ2v) is 19.5. The van der Waals surface area contributed by atoms with Crippen molar-refractivity contribution in [2.75, 3.05) is 63.8 Å². The molecule has 6 rings (SSSR count). The lowest BCUT2D eigenvalue weighted by Gasteiger charge is -2.28. The Morgan fingerprint density at radius 2 is 0.952 bits per heavy atom. The summed E-state index contributed by atoms with van der Waals surface area (Å²) in [5, 5.41) is 23.7. The Morgan fingerprint density at radius 3 is 1.40 bits per heavy atom. The van der Waals surface area contributed by atoms with E-state index in [0.29, 0.717) is 71.3 Å². The summed E-state index contributed by atoms with van der Waals surface area (Å²) in [6.07, 6.45) is 3.08. The van der Waals surface area contributed by atoms with E-state index < -0.39 is 17.6 Å². The van der Waals surface area contributed by atoms with Gasteiger partial charge in [0.25, 0.3) is 6.26 Å². The molecule has 4 N–H and O–H groups in total. The number of hydrogen-bond acceptors (Lipinski definition) is 10. The molecular formula is C48H64N4O8Si2. The van der Waals surface area contributed by atoms with Gasteiger partial charge in [-0.15, -0.1) is 0 Å². The van der Waals surface area contributed by atoms with Gasteiger partial charge in [-0.2, -0.15) is 5.26 Å².